The molecule has 0 atom stereocenters. The summed E-state index contributed by atoms with van der Waals surface area (Å²) in [5.41, 5.74) is 2.23. The first-order valence-corrected chi connectivity index (χ1v) is 6.95. The van der Waals surface area contributed by atoms with E-state index in [0.717, 1.165) is 21.9 Å². The Morgan fingerprint density at radius 2 is 1.67 bits per heavy atom. The van der Waals surface area contributed by atoms with E-state index in [0.29, 0.717) is 0 Å². The average Bonchev–Trinajstić information content (AvgIpc) is 2.39. The lowest BCUT2D eigenvalue weighted by Gasteiger charge is -1.97. The molecule has 0 spiro atoms. The summed E-state index contributed by atoms with van der Waals surface area (Å²) >= 11 is 7.48. The van der Waals surface area contributed by atoms with Gasteiger partial charge in [0.1, 0.15) is 5.82 Å². The summed E-state index contributed by atoms with van der Waals surface area (Å²) in [7, 11) is 0. The lowest BCUT2D eigenvalue weighted by Crippen LogP contribution is -1.79. The molecule has 0 saturated heterocycles. The van der Waals surface area contributed by atoms with E-state index in [1.165, 1.54) is 12.1 Å². The zero-order chi connectivity index (χ0) is 12.8. The van der Waals surface area contributed by atoms with Crippen molar-refractivity contribution in [2.75, 3.05) is 0 Å². The summed E-state index contributed by atoms with van der Waals surface area (Å²) < 4.78 is 12.7. The molecule has 2 rings (SSSR count). The summed E-state index contributed by atoms with van der Waals surface area (Å²) in [5, 5.41) is 2.78. The van der Waals surface area contributed by atoms with Gasteiger partial charge in [-0.25, -0.2) is 4.39 Å². The van der Waals surface area contributed by atoms with Crippen molar-refractivity contribution >= 4 is 29.4 Å². The quantitative estimate of drug-likeness (QED) is 0.723. The van der Waals surface area contributed by atoms with Crippen LogP contribution in [-0.2, 0) is 5.75 Å². The molecule has 0 nitrogen and oxygen atoms in total. The third-order valence-corrected chi connectivity index (χ3v) is 3.47. The van der Waals surface area contributed by atoms with Gasteiger partial charge in [0.15, 0.2) is 0 Å². The highest BCUT2D eigenvalue weighted by atomic mass is 35.5. The largest absolute Gasteiger partial charge is 0.207 e. The van der Waals surface area contributed by atoms with Crippen molar-refractivity contribution in [1.29, 1.82) is 0 Å². The maximum atomic E-state index is 12.7. The monoisotopic (exact) mass is 278 g/mol. The number of thioether (sulfide) groups is 1. The Morgan fingerprint density at radius 1 is 1.00 bits per heavy atom. The molecule has 0 bridgehead atoms. The minimum atomic E-state index is -0.194. The maximum Gasteiger partial charge on any atom is 0.123 e. The van der Waals surface area contributed by atoms with Crippen LogP contribution in [0, 0.1) is 5.82 Å². The number of rotatable bonds is 4. The molecular formula is C15H12ClFS. The van der Waals surface area contributed by atoms with Crippen molar-refractivity contribution in [3.05, 3.63) is 75.9 Å². The van der Waals surface area contributed by atoms with Crippen LogP contribution in [0.3, 0.4) is 0 Å². The zero-order valence-electron chi connectivity index (χ0n) is 9.64. The van der Waals surface area contributed by atoms with Crippen LogP contribution in [0.2, 0.25) is 5.02 Å². The van der Waals surface area contributed by atoms with Gasteiger partial charge in [-0.2, -0.15) is 0 Å². The molecular weight excluding hydrogens is 267 g/mol. The van der Waals surface area contributed by atoms with Crippen LogP contribution in [0.25, 0.3) is 6.08 Å². The fourth-order valence-electron chi connectivity index (χ4n) is 1.43. The van der Waals surface area contributed by atoms with Gasteiger partial charge in [-0.15, -0.1) is 11.8 Å². The minimum absolute atomic E-state index is 0.194. The highest BCUT2D eigenvalue weighted by Gasteiger charge is 1.93. The summed E-state index contributed by atoms with van der Waals surface area (Å²) in [6.07, 6.45) is 2.03. The number of benzene rings is 2. The molecule has 0 radical (unpaired) electrons. The molecule has 0 amide bonds. The molecule has 0 aliphatic rings. The number of hydrogen-bond donors (Lipinski definition) is 0. The molecule has 3 heteroatoms. The highest BCUT2D eigenvalue weighted by Crippen LogP contribution is 2.16. The number of hydrogen-bond acceptors (Lipinski definition) is 1. The summed E-state index contributed by atoms with van der Waals surface area (Å²) in [6, 6.07) is 14.3. The normalized spacial score (nSPS) is 11.0. The van der Waals surface area contributed by atoms with Gasteiger partial charge in [0.25, 0.3) is 0 Å². The van der Waals surface area contributed by atoms with Crippen molar-refractivity contribution in [1.82, 2.24) is 0 Å². The number of halogens is 2. The van der Waals surface area contributed by atoms with Crippen LogP contribution < -0.4 is 0 Å². The second kappa shape index (κ2) is 6.62. The van der Waals surface area contributed by atoms with Crippen molar-refractivity contribution in [3.63, 3.8) is 0 Å². The van der Waals surface area contributed by atoms with Crippen molar-refractivity contribution in [3.8, 4) is 0 Å². The predicted molar refractivity (Wildman–Crippen MR) is 78.2 cm³/mol. The van der Waals surface area contributed by atoms with E-state index in [1.54, 1.807) is 23.9 Å². The SMILES string of the molecule is Fc1ccc(CSC=Cc2ccc(Cl)cc2)cc1. The Labute approximate surface area is 115 Å². The van der Waals surface area contributed by atoms with Crippen LogP contribution in [0.5, 0.6) is 0 Å². The fraction of sp³-hybridized carbons (Fsp3) is 0.0667. The molecule has 0 unspecified atom stereocenters. The first kappa shape index (κ1) is 13.2. The van der Waals surface area contributed by atoms with Crippen molar-refractivity contribution in [2.45, 2.75) is 5.75 Å². The Kier molecular flexibility index (Phi) is 4.85. The van der Waals surface area contributed by atoms with Gasteiger partial charge >= 0.3 is 0 Å². The molecule has 18 heavy (non-hydrogen) atoms. The van der Waals surface area contributed by atoms with E-state index in [1.807, 2.05) is 35.7 Å². The summed E-state index contributed by atoms with van der Waals surface area (Å²) in [4.78, 5) is 0. The van der Waals surface area contributed by atoms with Gasteiger partial charge in [0, 0.05) is 10.8 Å². The Bertz CT molecular complexity index is 517. The van der Waals surface area contributed by atoms with Gasteiger partial charge in [0.2, 0.25) is 0 Å². The Morgan fingerprint density at radius 3 is 2.33 bits per heavy atom. The molecule has 0 saturated carbocycles. The third-order valence-electron chi connectivity index (χ3n) is 2.39. The van der Waals surface area contributed by atoms with Crippen LogP contribution in [0.1, 0.15) is 11.1 Å². The topological polar surface area (TPSA) is 0 Å². The van der Waals surface area contributed by atoms with E-state index in [2.05, 4.69) is 0 Å². The lowest BCUT2D eigenvalue weighted by atomic mass is 10.2. The first-order valence-electron chi connectivity index (χ1n) is 5.52. The Hall–Kier alpha value is -1.25. The summed E-state index contributed by atoms with van der Waals surface area (Å²) in [5.74, 6) is 0.644. The molecule has 0 aliphatic heterocycles. The second-order valence-corrected chi connectivity index (χ2v) is 5.12. The van der Waals surface area contributed by atoms with Gasteiger partial charge in [-0.1, -0.05) is 35.9 Å². The first-order chi connectivity index (χ1) is 8.74. The van der Waals surface area contributed by atoms with E-state index < -0.39 is 0 Å². The predicted octanol–water partition coefficient (Wildman–Crippen LogP) is 5.38. The fourth-order valence-corrected chi connectivity index (χ4v) is 2.29. The molecule has 0 N–H and O–H groups in total. The van der Waals surface area contributed by atoms with E-state index in [4.69, 9.17) is 11.6 Å². The van der Waals surface area contributed by atoms with Gasteiger partial charge < -0.3 is 0 Å². The van der Waals surface area contributed by atoms with Gasteiger partial charge in [0.05, 0.1) is 0 Å². The lowest BCUT2D eigenvalue weighted by molar-refractivity contribution is 0.627. The zero-order valence-corrected chi connectivity index (χ0v) is 11.2. The molecule has 92 valence electrons. The minimum Gasteiger partial charge on any atom is -0.207 e. The molecule has 0 aliphatic carbocycles. The highest BCUT2D eigenvalue weighted by molar-refractivity contribution is 8.01. The van der Waals surface area contributed by atoms with Crippen LogP contribution in [-0.4, -0.2) is 0 Å². The average molecular weight is 279 g/mol. The maximum absolute atomic E-state index is 12.7. The van der Waals surface area contributed by atoms with E-state index in [9.17, 15) is 4.39 Å². The van der Waals surface area contributed by atoms with Crippen LogP contribution in [0.4, 0.5) is 4.39 Å². The van der Waals surface area contributed by atoms with Gasteiger partial charge in [-0.3, -0.25) is 0 Å². The molecule has 0 heterocycles. The van der Waals surface area contributed by atoms with Crippen molar-refractivity contribution in [2.24, 2.45) is 0 Å². The second-order valence-electron chi connectivity index (χ2n) is 3.79. The Balaban J connectivity index is 1.84. The standard InChI is InChI=1S/C15H12ClFS/c16-14-5-1-12(2-6-14)9-10-18-11-13-3-7-15(17)8-4-13/h1-10H,11H2. The molecule has 0 fully saturated rings. The molecule has 2 aromatic rings. The van der Waals surface area contributed by atoms with E-state index in [-0.39, 0.29) is 5.82 Å². The summed E-state index contributed by atoms with van der Waals surface area (Å²) in [6.45, 7) is 0. The van der Waals surface area contributed by atoms with Gasteiger partial charge in [-0.05, 0) is 46.9 Å². The van der Waals surface area contributed by atoms with Crippen LogP contribution >= 0.6 is 23.4 Å². The van der Waals surface area contributed by atoms with E-state index >= 15 is 0 Å². The smallest absolute Gasteiger partial charge is 0.123 e. The molecule has 2 aromatic carbocycles. The third kappa shape index (κ3) is 4.21. The van der Waals surface area contributed by atoms with Crippen LogP contribution in [0.15, 0.2) is 53.9 Å². The van der Waals surface area contributed by atoms with Crippen molar-refractivity contribution < 1.29 is 4.39 Å². The molecule has 0 aromatic heterocycles.